The van der Waals surface area contributed by atoms with E-state index in [2.05, 4.69) is 11.9 Å². The van der Waals surface area contributed by atoms with Crippen LogP contribution in [0.25, 0.3) is 0 Å². The van der Waals surface area contributed by atoms with E-state index < -0.39 is 5.97 Å². The summed E-state index contributed by atoms with van der Waals surface area (Å²) in [5.41, 5.74) is 0.861. The zero-order chi connectivity index (χ0) is 10.1. The molecule has 0 aromatic heterocycles. The van der Waals surface area contributed by atoms with E-state index in [-0.39, 0.29) is 6.54 Å². The van der Waals surface area contributed by atoms with Gasteiger partial charge in [-0.2, -0.15) is 0 Å². The van der Waals surface area contributed by atoms with Crippen LogP contribution in [0.3, 0.4) is 0 Å². The predicted octanol–water partition coefficient (Wildman–Crippen LogP) is 1.35. The van der Waals surface area contributed by atoms with Crippen LogP contribution in [-0.4, -0.2) is 24.2 Å². The first-order valence-electron chi connectivity index (χ1n) is 4.06. The average molecular weight is 181 g/mol. The average Bonchev–Trinajstić information content (AvgIpc) is 2.04. The molecule has 0 aromatic carbocycles. The van der Waals surface area contributed by atoms with Crippen LogP contribution in [0.4, 0.5) is 0 Å². The Morgan fingerprint density at radius 3 is 2.69 bits per heavy atom. The third-order valence-corrected chi connectivity index (χ3v) is 1.26. The monoisotopic (exact) mass is 181 g/mol. The Bertz CT molecular complexity index is 229. The molecule has 0 aromatic rings. The smallest absolute Gasteiger partial charge is 0.317 e. The van der Waals surface area contributed by atoms with Gasteiger partial charge in [-0.05, 0) is 12.5 Å². The Labute approximate surface area is 78.5 Å². The molecule has 0 unspecified atom stereocenters. The minimum absolute atomic E-state index is 0.0313. The lowest BCUT2D eigenvalue weighted by Gasteiger charge is -1.99. The molecule has 3 heteroatoms. The van der Waals surface area contributed by atoms with Crippen molar-refractivity contribution in [3.05, 3.63) is 36.5 Å². The molecular formula is C10H15NO2. The molecule has 2 N–H and O–H groups in total. The third-order valence-electron chi connectivity index (χ3n) is 1.26. The van der Waals surface area contributed by atoms with E-state index in [9.17, 15) is 4.79 Å². The summed E-state index contributed by atoms with van der Waals surface area (Å²) in [4.78, 5) is 10.1. The van der Waals surface area contributed by atoms with Crippen LogP contribution in [0.2, 0.25) is 0 Å². The highest BCUT2D eigenvalue weighted by molar-refractivity contribution is 5.69. The lowest BCUT2D eigenvalue weighted by molar-refractivity contribution is -0.135. The van der Waals surface area contributed by atoms with Crippen molar-refractivity contribution in [2.45, 2.75) is 6.92 Å². The highest BCUT2D eigenvalue weighted by atomic mass is 16.4. The number of carboxylic acids is 1. The Hall–Kier alpha value is -1.35. The highest BCUT2D eigenvalue weighted by Crippen LogP contribution is 1.90. The molecule has 13 heavy (non-hydrogen) atoms. The van der Waals surface area contributed by atoms with Crippen LogP contribution >= 0.6 is 0 Å². The summed E-state index contributed by atoms with van der Waals surface area (Å²) in [6.45, 7) is 6.14. The van der Waals surface area contributed by atoms with Gasteiger partial charge in [0.15, 0.2) is 0 Å². The summed E-state index contributed by atoms with van der Waals surface area (Å²) >= 11 is 0. The van der Waals surface area contributed by atoms with Crippen molar-refractivity contribution in [1.29, 1.82) is 0 Å². The maximum atomic E-state index is 10.1. The molecule has 0 aliphatic rings. The normalized spacial score (nSPS) is 11.2. The second kappa shape index (κ2) is 7.31. The summed E-state index contributed by atoms with van der Waals surface area (Å²) in [7, 11) is 0. The fourth-order valence-corrected chi connectivity index (χ4v) is 0.692. The minimum atomic E-state index is -0.856. The standard InChI is InChI=1S/C10H15NO2/c1-3-4-5-6-9(2)7-11-8-10(12)13/h3-6,11H,2,7-8H2,1H3,(H,12,13)/b4-3-,6-5-. The molecule has 0 saturated heterocycles. The van der Waals surface area contributed by atoms with Gasteiger partial charge in [0, 0.05) is 6.54 Å². The fourth-order valence-electron chi connectivity index (χ4n) is 0.692. The van der Waals surface area contributed by atoms with E-state index in [4.69, 9.17) is 5.11 Å². The van der Waals surface area contributed by atoms with Gasteiger partial charge in [0.25, 0.3) is 0 Å². The van der Waals surface area contributed by atoms with Crippen LogP contribution in [0, 0.1) is 0 Å². The molecule has 0 fully saturated rings. The van der Waals surface area contributed by atoms with Crippen LogP contribution in [0.5, 0.6) is 0 Å². The number of hydrogen-bond acceptors (Lipinski definition) is 2. The molecule has 72 valence electrons. The Morgan fingerprint density at radius 1 is 1.46 bits per heavy atom. The Balaban J connectivity index is 3.57. The summed E-state index contributed by atoms with van der Waals surface area (Å²) in [6.07, 6.45) is 7.51. The fraction of sp³-hybridized carbons (Fsp3) is 0.300. The molecule has 0 aliphatic heterocycles. The molecule has 0 amide bonds. The molecule has 0 aliphatic carbocycles. The molecule has 0 saturated carbocycles. The number of rotatable bonds is 6. The van der Waals surface area contributed by atoms with Crippen molar-refractivity contribution in [3.8, 4) is 0 Å². The number of nitrogens with one attached hydrogen (secondary N) is 1. The zero-order valence-corrected chi connectivity index (χ0v) is 7.79. The SMILES string of the molecule is C=C(/C=C\C=C/C)CNCC(=O)O. The van der Waals surface area contributed by atoms with Gasteiger partial charge in [0.1, 0.15) is 0 Å². The number of hydrogen-bond donors (Lipinski definition) is 2. The van der Waals surface area contributed by atoms with Gasteiger partial charge >= 0.3 is 5.97 Å². The van der Waals surface area contributed by atoms with Gasteiger partial charge in [-0.1, -0.05) is 30.9 Å². The second-order valence-electron chi connectivity index (χ2n) is 2.54. The van der Waals surface area contributed by atoms with E-state index >= 15 is 0 Å². The van der Waals surface area contributed by atoms with E-state index in [1.165, 1.54) is 0 Å². The first-order chi connectivity index (χ1) is 6.16. The van der Waals surface area contributed by atoms with Crippen molar-refractivity contribution in [1.82, 2.24) is 5.32 Å². The lowest BCUT2D eigenvalue weighted by atomic mass is 10.2. The summed E-state index contributed by atoms with van der Waals surface area (Å²) in [5, 5.41) is 11.1. The van der Waals surface area contributed by atoms with Gasteiger partial charge < -0.3 is 10.4 Å². The van der Waals surface area contributed by atoms with E-state index in [1.54, 1.807) is 0 Å². The van der Waals surface area contributed by atoms with Crippen LogP contribution < -0.4 is 5.32 Å². The van der Waals surface area contributed by atoms with E-state index in [1.807, 2.05) is 31.2 Å². The number of aliphatic carboxylic acids is 1. The van der Waals surface area contributed by atoms with Gasteiger partial charge in [0.05, 0.1) is 6.54 Å². The molecule has 0 spiro atoms. The maximum absolute atomic E-state index is 10.1. The largest absolute Gasteiger partial charge is 0.480 e. The molecule has 0 heterocycles. The van der Waals surface area contributed by atoms with Crippen molar-refractivity contribution >= 4 is 5.97 Å². The van der Waals surface area contributed by atoms with Crippen LogP contribution in [0.15, 0.2) is 36.5 Å². The van der Waals surface area contributed by atoms with Crippen LogP contribution in [-0.2, 0) is 4.79 Å². The topological polar surface area (TPSA) is 49.3 Å². The molecule has 0 atom stereocenters. The molecular weight excluding hydrogens is 166 g/mol. The predicted molar refractivity (Wildman–Crippen MR) is 53.6 cm³/mol. The molecule has 3 nitrogen and oxygen atoms in total. The molecule has 0 rings (SSSR count). The van der Waals surface area contributed by atoms with Crippen molar-refractivity contribution in [2.75, 3.05) is 13.1 Å². The zero-order valence-electron chi connectivity index (χ0n) is 7.79. The summed E-state index contributed by atoms with van der Waals surface area (Å²) in [6, 6.07) is 0. The maximum Gasteiger partial charge on any atom is 0.317 e. The van der Waals surface area contributed by atoms with Gasteiger partial charge in [-0.25, -0.2) is 0 Å². The van der Waals surface area contributed by atoms with E-state index in [0.717, 1.165) is 5.57 Å². The summed E-state index contributed by atoms with van der Waals surface area (Å²) < 4.78 is 0. The number of allylic oxidation sites excluding steroid dienone is 3. The van der Waals surface area contributed by atoms with Crippen LogP contribution in [0.1, 0.15) is 6.92 Å². The first kappa shape index (κ1) is 11.6. The minimum Gasteiger partial charge on any atom is -0.480 e. The second-order valence-corrected chi connectivity index (χ2v) is 2.54. The van der Waals surface area contributed by atoms with Crippen molar-refractivity contribution in [3.63, 3.8) is 0 Å². The quantitative estimate of drug-likeness (QED) is 0.608. The first-order valence-corrected chi connectivity index (χ1v) is 4.06. The van der Waals surface area contributed by atoms with Gasteiger partial charge in [-0.3, -0.25) is 4.79 Å². The van der Waals surface area contributed by atoms with E-state index in [0.29, 0.717) is 6.54 Å². The summed E-state index contributed by atoms with van der Waals surface area (Å²) in [5.74, 6) is -0.856. The lowest BCUT2D eigenvalue weighted by Crippen LogP contribution is -2.23. The Kier molecular flexibility index (Phi) is 6.55. The third kappa shape index (κ3) is 8.56. The van der Waals surface area contributed by atoms with Gasteiger partial charge in [0.2, 0.25) is 0 Å². The number of carboxylic acid groups (broad SMARTS) is 1. The van der Waals surface area contributed by atoms with Crippen molar-refractivity contribution in [2.24, 2.45) is 0 Å². The van der Waals surface area contributed by atoms with Crippen molar-refractivity contribution < 1.29 is 9.90 Å². The molecule has 0 radical (unpaired) electrons. The Morgan fingerprint density at radius 2 is 2.15 bits per heavy atom. The molecule has 0 bridgehead atoms. The van der Waals surface area contributed by atoms with Gasteiger partial charge in [-0.15, -0.1) is 0 Å². The number of carbonyl (C=O) groups is 1. The highest BCUT2D eigenvalue weighted by Gasteiger charge is 1.94.